The standard InChI is InChI=1S/C13H17N3O3/c1-2-15(12-8-14-9-12)13(17)7-10-3-5-11(6-4-10)16(18)19/h3-6,12,14H,2,7-9H2,1H3. The van der Waals surface area contributed by atoms with E-state index in [1.165, 1.54) is 12.1 Å². The topological polar surface area (TPSA) is 75.5 Å². The lowest BCUT2D eigenvalue weighted by atomic mass is 10.1. The average Bonchev–Trinajstić information content (AvgIpc) is 2.33. The van der Waals surface area contributed by atoms with Crippen LogP contribution in [0.3, 0.4) is 0 Å². The van der Waals surface area contributed by atoms with Gasteiger partial charge in [-0.3, -0.25) is 14.9 Å². The van der Waals surface area contributed by atoms with E-state index in [-0.39, 0.29) is 17.6 Å². The highest BCUT2D eigenvalue weighted by molar-refractivity contribution is 5.79. The summed E-state index contributed by atoms with van der Waals surface area (Å²) < 4.78 is 0. The third-order valence-electron chi connectivity index (χ3n) is 3.36. The van der Waals surface area contributed by atoms with Crippen LogP contribution in [-0.2, 0) is 11.2 Å². The van der Waals surface area contributed by atoms with Crippen molar-refractivity contribution in [3.63, 3.8) is 0 Å². The van der Waals surface area contributed by atoms with Gasteiger partial charge in [0.1, 0.15) is 0 Å². The van der Waals surface area contributed by atoms with Gasteiger partial charge in [0, 0.05) is 31.8 Å². The van der Waals surface area contributed by atoms with Crippen molar-refractivity contribution in [2.45, 2.75) is 19.4 Å². The van der Waals surface area contributed by atoms with Crippen molar-refractivity contribution < 1.29 is 9.72 Å². The van der Waals surface area contributed by atoms with Crippen molar-refractivity contribution in [3.8, 4) is 0 Å². The summed E-state index contributed by atoms with van der Waals surface area (Å²) in [5, 5.41) is 13.7. The van der Waals surface area contributed by atoms with Crippen LogP contribution in [0.4, 0.5) is 5.69 Å². The highest BCUT2D eigenvalue weighted by Crippen LogP contribution is 2.14. The normalized spacial score (nSPS) is 14.8. The average molecular weight is 263 g/mol. The number of nitrogens with one attached hydrogen (secondary N) is 1. The van der Waals surface area contributed by atoms with Crippen LogP contribution in [0.1, 0.15) is 12.5 Å². The first-order valence-corrected chi connectivity index (χ1v) is 6.35. The van der Waals surface area contributed by atoms with Gasteiger partial charge in [-0.15, -0.1) is 0 Å². The minimum Gasteiger partial charge on any atom is -0.337 e. The monoisotopic (exact) mass is 263 g/mol. The molecule has 0 aromatic heterocycles. The summed E-state index contributed by atoms with van der Waals surface area (Å²) in [6, 6.07) is 6.44. The van der Waals surface area contributed by atoms with Crippen LogP contribution in [0.25, 0.3) is 0 Å². The largest absolute Gasteiger partial charge is 0.337 e. The Morgan fingerprint density at radius 1 is 1.42 bits per heavy atom. The zero-order chi connectivity index (χ0) is 13.8. The second kappa shape index (κ2) is 5.79. The van der Waals surface area contributed by atoms with Crippen LogP contribution in [0.2, 0.25) is 0 Å². The molecule has 0 atom stereocenters. The maximum atomic E-state index is 12.2. The summed E-state index contributed by atoms with van der Waals surface area (Å²) in [7, 11) is 0. The molecule has 0 saturated carbocycles. The summed E-state index contributed by atoms with van der Waals surface area (Å²) in [5.41, 5.74) is 0.855. The van der Waals surface area contributed by atoms with E-state index in [0.717, 1.165) is 18.7 Å². The molecule has 1 aliphatic heterocycles. The fourth-order valence-corrected chi connectivity index (χ4v) is 2.14. The molecule has 19 heavy (non-hydrogen) atoms. The van der Waals surface area contributed by atoms with Gasteiger partial charge in [0.15, 0.2) is 0 Å². The smallest absolute Gasteiger partial charge is 0.269 e. The molecule has 0 radical (unpaired) electrons. The summed E-state index contributed by atoms with van der Waals surface area (Å²) in [6.07, 6.45) is 0.294. The number of amides is 1. The van der Waals surface area contributed by atoms with Crippen molar-refractivity contribution in [2.75, 3.05) is 19.6 Å². The molecule has 1 fully saturated rings. The molecule has 6 heteroatoms. The van der Waals surface area contributed by atoms with Gasteiger partial charge in [-0.05, 0) is 12.5 Å². The molecule has 1 aliphatic rings. The van der Waals surface area contributed by atoms with Gasteiger partial charge in [0.05, 0.1) is 17.4 Å². The van der Waals surface area contributed by atoms with E-state index in [1.807, 2.05) is 11.8 Å². The molecule has 1 N–H and O–H groups in total. The van der Waals surface area contributed by atoms with E-state index in [0.29, 0.717) is 13.0 Å². The van der Waals surface area contributed by atoms with Gasteiger partial charge in [-0.25, -0.2) is 0 Å². The van der Waals surface area contributed by atoms with E-state index in [9.17, 15) is 14.9 Å². The summed E-state index contributed by atoms with van der Waals surface area (Å²) in [5.74, 6) is 0.0721. The van der Waals surface area contributed by atoms with Gasteiger partial charge >= 0.3 is 0 Å². The fraction of sp³-hybridized carbons (Fsp3) is 0.462. The van der Waals surface area contributed by atoms with Crippen molar-refractivity contribution in [2.24, 2.45) is 0 Å². The first kappa shape index (κ1) is 13.5. The Morgan fingerprint density at radius 3 is 2.47 bits per heavy atom. The Kier molecular flexibility index (Phi) is 4.11. The van der Waals surface area contributed by atoms with Crippen LogP contribution < -0.4 is 5.32 Å². The van der Waals surface area contributed by atoms with Crippen molar-refractivity contribution in [3.05, 3.63) is 39.9 Å². The van der Waals surface area contributed by atoms with Crippen LogP contribution in [0.15, 0.2) is 24.3 Å². The fourth-order valence-electron chi connectivity index (χ4n) is 2.14. The maximum Gasteiger partial charge on any atom is 0.269 e. The second-order valence-electron chi connectivity index (χ2n) is 4.59. The quantitative estimate of drug-likeness (QED) is 0.634. The third-order valence-corrected chi connectivity index (χ3v) is 3.36. The molecule has 1 amide bonds. The number of hydrogen-bond acceptors (Lipinski definition) is 4. The van der Waals surface area contributed by atoms with Crippen LogP contribution in [0.5, 0.6) is 0 Å². The number of nitrogens with zero attached hydrogens (tertiary/aromatic N) is 2. The predicted molar refractivity (Wildman–Crippen MR) is 70.8 cm³/mol. The lowest BCUT2D eigenvalue weighted by Gasteiger charge is -2.37. The van der Waals surface area contributed by atoms with E-state index in [4.69, 9.17) is 0 Å². The maximum absolute atomic E-state index is 12.2. The Balaban J connectivity index is 1.99. The molecular formula is C13H17N3O3. The Labute approximate surface area is 111 Å². The van der Waals surface area contributed by atoms with Crippen molar-refractivity contribution in [1.29, 1.82) is 0 Å². The zero-order valence-corrected chi connectivity index (χ0v) is 10.8. The predicted octanol–water partition coefficient (Wildman–Crippen LogP) is 0.958. The van der Waals surface area contributed by atoms with Crippen molar-refractivity contribution in [1.82, 2.24) is 10.2 Å². The molecule has 1 saturated heterocycles. The number of non-ortho nitro benzene ring substituents is 1. The highest BCUT2D eigenvalue weighted by atomic mass is 16.6. The van der Waals surface area contributed by atoms with E-state index < -0.39 is 4.92 Å². The molecule has 0 bridgehead atoms. The Hall–Kier alpha value is -1.95. The van der Waals surface area contributed by atoms with Gasteiger partial charge in [-0.1, -0.05) is 12.1 Å². The zero-order valence-electron chi connectivity index (χ0n) is 10.8. The third kappa shape index (κ3) is 3.08. The minimum atomic E-state index is -0.440. The van der Waals surface area contributed by atoms with Crippen LogP contribution in [0, 0.1) is 10.1 Å². The molecule has 1 aromatic rings. The summed E-state index contributed by atoms with van der Waals surface area (Å²) >= 11 is 0. The number of likely N-dealkylation sites (N-methyl/N-ethyl adjacent to an activating group) is 1. The van der Waals surface area contributed by atoms with Crippen molar-refractivity contribution >= 4 is 11.6 Å². The molecule has 0 unspecified atom stereocenters. The van der Waals surface area contributed by atoms with Crippen LogP contribution >= 0.6 is 0 Å². The SMILES string of the molecule is CCN(C(=O)Cc1ccc([N+](=O)[O-])cc1)C1CNC1. The molecule has 0 aliphatic carbocycles. The molecule has 102 valence electrons. The number of carbonyl (C=O) groups is 1. The summed E-state index contributed by atoms with van der Waals surface area (Å²) in [6.45, 7) is 4.35. The number of nitro benzene ring substituents is 1. The number of nitro groups is 1. The number of carbonyl (C=O) groups excluding carboxylic acids is 1. The molecule has 2 rings (SSSR count). The Morgan fingerprint density at radius 2 is 2.05 bits per heavy atom. The van der Waals surface area contributed by atoms with Gasteiger partial charge < -0.3 is 10.2 Å². The van der Waals surface area contributed by atoms with Gasteiger partial charge in [0.2, 0.25) is 5.91 Å². The van der Waals surface area contributed by atoms with E-state index >= 15 is 0 Å². The summed E-state index contributed by atoms with van der Waals surface area (Å²) in [4.78, 5) is 24.1. The first-order valence-electron chi connectivity index (χ1n) is 6.35. The lowest BCUT2D eigenvalue weighted by Crippen LogP contribution is -2.59. The highest BCUT2D eigenvalue weighted by Gasteiger charge is 2.27. The number of benzene rings is 1. The molecule has 0 spiro atoms. The molecular weight excluding hydrogens is 246 g/mol. The minimum absolute atomic E-state index is 0.0479. The number of rotatable bonds is 5. The molecule has 1 heterocycles. The Bertz CT molecular complexity index is 469. The van der Waals surface area contributed by atoms with Gasteiger partial charge in [0.25, 0.3) is 5.69 Å². The lowest BCUT2D eigenvalue weighted by molar-refractivity contribution is -0.384. The molecule has 6 nitrogen and oxygen atoms in total. The van der Waals surface area contributed by atoms with E-state index in [2.05, 4.69) is 5.32 Å². The second-order valence-corrected chi connectivity index (χ2v) is 4.59. The first-order chi connectivity index (χ1) is 9.11. The molecule has 1 aromatic carbocycles. The van der Waals surface area contributed by atoms with Crippen LogP contribution in [-0.4, -0.2) is 41.4 Å². The van der Waals surface area contributed by atoms with Gasteiger partial charge in [-0.2, -0.15) is 0 Å². The number of hydrogen-bond donors (Lipinski definition) is 1. The van der Waals surface area contributed by atoms with E-state index in [1.54, 1.807) is 12.1 Å².